The number of rotatable bonds is 3. The third kappa shape index (κ3) is 2.42. The van der Waals surface area contributed by atoms with Crippen LogP contribution in [0.5, 0.6) is 0 Å². The number of nitrogens with zero attached hydrogens (tertiary/aromatic N) is 3. The van der Waals surface area contributed by atoms with Crippen molar-refractivity contribution >= 4 is 0 Å². The molecule has 4 nitrogen and oxygen atoms in total. The third-order valence-electron chi connectivity index (χ3n) is 2.42. The molecular weight excluding hydrogens is 152 g/mol. The quantitative estimate of drug-likeness (QED) is 0.636. The van der Waals surface area contributed by atoms with E-state index in [4.69, 9.17) is 5.73 Å². The smallest absolute Gasteiger partial charge is 0.0179 e. The molecule has 0 bridgehead atoms. The summed E-state index contributed by atoms with van der Waals surface area (Å²) >= 11 is 0. The molecule has 0 radical (unpaired) electrons. The molecule has 0 aromatic rings. The minimum atomic E-state index is 0.786. The largest absolute Gasteiger partial charge is 0.330 e. The molecule has 12 heavy (non-hydrogen) atoms. The van der Waals surface area contributed by atoms with Gasteiger partial charge in [-0.3, -0.25) is 0 Å². The highest BCUT2D eigenvalue weighted by Crippen LogP contribution is 2.07. The fourth-order valence-corrected chi connectivity index (χ4v) is 1.52. The topological polar surface area (TPSA) is 35.7 Å². The Labute approximate surface area is 74.8 Å². The van der Waals surface area contributed by atoms with Crippen LogP contribution in [-0.2, 0) is 0 Å². The van der Waals surface area contributed by atoms with E-state index in [-0.39, 0.29) is 0 Å². The minimum absolute atomic E-state index is 0.786. The molecule has 2 N–H and O–H groups in total. The summed E-state index contributed by atoms with van der Waals surface area (Å²) in [6.07, 6.45) is 2.34. The van der Waals surface area contributed by atoms with Crippen LogP contribution in [0.15, 0.2) is 0 Å². The zero-order valence-corrected chi connectivity index (χ0v) is 8.16. The van der Waals surface area contributed by atoms with Gasteiger partial charge >= 0.3 is 0 Å². The Bertz CT molecular complexity index is 128. The zero-order valence-electron chi connectivity index (χ0n) is 8.16. The molecule has 72 valence electrons. The molecular formula is C8H20N4. The monoisotopic (exact) mass is 172 g/mol. The molecule has 1 aliphatic rings. The average molecular weight is 172 g/mol. The Morgan fingerprint density at radius 3 is 2.67 bits per heavy atom. The van der Waals surface area contributed by atoms with Crippen LogP contribution in [0.4, 0.5) is 0 Å². The Kier molecular flexibility index (Phi) is 3.94. The zero-order chi connectivity index (χ0) is 8.97. The predicted octanol–water partition coefficient (Wildman–Crippen LogP) is -0.265. The maximum Gasteiger partial charge on any atom is 0.0179 e. The summed E-state index contributed by atoms with van der Waals surface area (Å²) in [6.45, 7) is 4.20. The Balaban J connectivity index is 2.30. The standard InChI is InChI=1S/C8H20N4/c1-10-6-4-8-12(11(10)2)7-3-5-9/h3-9H2,1-2H3. The summed E-state index contributed by atoms with van der Waals surface area (Å²) in [7, 11) is 4.23. The van der Waals surface area contributed by atoms with E-state index in [0.29, 0.717) is 0 Å². The van der Waals surface area contributed by atoms with Gasteiger partial charge in [-0.25, -0.2) is 10.0 Å². The van der Waals surface area contributed by atoms with Crippen molar-refractivity contribution in [2.75, 3.05) is 40.3 Å². The molecule has 0 atom stereocenters. The first-order valence-corrected chi connectivity index (χ1v) is 4.65. The summed E-state index contributed by atoms with van der Waals surface area (Å²) < 4.78 is 0. The van der Waals surface area contributed by atoms with Gasteiger partial charge in [0.05, 0.1) is 0 Å². The predicted molar refractivity (Wildman–Crippen MR) is 50.3 cm³/mol. The fourth-order valence-electron chi connectivity index (χ4n) is 1.52. The minimum Gasteiger partial charge on any atom is -0.330 e. The van der Waals surface area contributed by atoms with Gasteiger partial charge in [-0.05, 0) is 19.4 Å². The van der Waals surface area contributed by atoms with E-state index in [1.807, 2.05) is 0 Å². The molecule has 0 saturated carbocycles. The molecule has 0 aromatic heterocycles. The van der Waals surface area contributed by atoms with Gasteiger partial charge in [-0.15, -0.1) is 0 Å². The second-order valence-corrected chi connectivity index (χ2v) is 3.32. The van der Waals surface area contributed by atoms with Gasteiger partial charge in [0.1, 0.15) is 0 Å². The number of hydrogen-bond donors (Lipinski definition) is 1. The fraction of sp³-hybridized carbons (Fsp3) is 1.00. The van der Waals surface area contributed by atoms with Crippen molar-refractivity contribution in [3.05, 3.63) is 0 Å². The van der Waals surface area contributed by atoms with Crippen LogP contribution in [-0.4, -0.2) is 55.4 Å². The maximum absolute atomic E-state index is 5.47. The SMILES string of the molecule is CN1CCCN(CCCN)N1C. The van der Waals surface area contributed by atoms with Gasteiger partial charge in [-0.1, -0.05) is 0 Å². The molecule has 0 aliphatic carbocycles. The number of hydrazine groups is 2. The molecule has 0 amide bonds. The summed E-state index contributed by atoms with van der Waals surface area (Å²) in [5.41, 5.74) is 5.47. The van der Waals surface area contributed by atoms with Crippen LogP contribution in [0.25, 0.3) is 0 Å². The molecule has 1 saturated heterocycles. The maximum atomic E-state index is 5.47. The highest BCUT2D eigenvalue weighted by Gasteiger charge is 2.19. The molecule has 1 heterocycles. The number of hydrogen-bond acceptors (Lipinski definition) is 4. The van der Waals surface area contributed by atoms with Crippen molar-refractivity contribution in [2.45, 2.75) is 12.8 Å². The van der Waals surface area contributed by atoms with Crippen LogP contribution in [0.3, 0.4) is 0 Å². The lowest BCUT2D eigenvalue weighted by molar-refractivity contribution is -0.179. The van der Waals surface area contributed by atoms with E-state index in [0.717, 1.165) is 26.1 Å². The molecule has 1 fully saturated rings. The van der Waals surface area contributed by atoms with E-state index < -0.39 is 0 Å². The van der Waals surface area contributed by atoms with Crippen molar-refractivity contribution in [1.82, 2.24) is 15.1 Å². The van der Waals surface area contributed by atoms with E-state index >= 15 is 0 Å². The summed E-state index contributed by atoms with van der Waals surface area (Å²) in [4.78, 5) is 0. The molecule has 1 rings (SSSR count). The van der Waals surface area contributed by atoms with Crippen LogP contribution >= 0.6 is 0 Å². The van der Waals surface area contributed by atoms with Crippen molar-refractivity contribution in [1.29, 1.82) is 0 Å². The second kappa shape index (κ2) is 4.77. The van der Waals surface area contributed by atoms with E-state index in [2.05, 4.69) is 29.2 Å². The third-order valence-corrected chi connectivity index (χ3v) is 2.42. The lowest BCUT2D eigenvalue weighted by Crippen LogP contribution is -2.54. The second-order valence-electron chi connectivity index (χ2n) is 3.32. The van der Waals surface area contributed by atoms with Gasteiger partial charge in [-0.2, -0.15) is 5.12 Å². The van der Waals surface area contributed by atoms with Crippen LogP contribution in [0, 0.1) is 0 Å². The van der Waals surface area contributed by atoms with Gasteiger partial charge in [0.2, 0.25) is 0 Å². The van der Waals surface area contributed by atoms with Crippen LogP contribution < -0.4 is 5.73 Å². The van der Waals surface area contributed by atoms with Crippen molar-refractivity contribution in [3.8, 4) is 0 Å². The first kappa shape index (κ1) is 9.92. The van der Waals surface area contributed by atoms with Crippen molar-refractivity contribution in [3.63, 3.8) is 0 Å². The van der Waals surface area contributed by atoms with Crippen molar-refractivity contribution in [2.24, 2.45) is 5.73 Å². The van der Waals surface area contributed by atoms with Crippen LogP contribution in [0.1, 0.15) is 12.8 Å². The van der Waals surface area contributed by atoms with E-state index in [1.165, 1.54) is 13.0 Å². The molecule has 0 unspecified atom stereocenters. The summed E-state index contributed by atoms with van der Waals surface area (Å²) in [5.74, 6) is 0. The first-order valence-electron chi connectivity index (χ1n) is 4.65. The van der Waals surface area contributed by atoms with Crippen LogP contribution in [0.2, 0.25) is 0 Å². The molecule has 1 aliphatic heterocycles. The highest BCUT2D eigenvalue weighted by atomic mass is 15.8. The average Bonchev–Trinajstić information content (AvgIpc) is 2.08. The molecule has 0 aromatic carbocycles. The normalized spacial score (nSPS) is 23.2. The lowest BCUT2D eigenvalue weighted by Gasteiger charge is -2.42. The Hall–Kier alpha value is -0.160. The molecule has 0 spiro atoms. The highest BCUT2D eigenvalue weighted by molar-refractivity contribution is 4.61. The summed E-state index contributed by atoms with van der Waals surface area (Å²) in [5, 5.41) is 6.77. The van der Waals surface area contributed by atoms with Gasteiger partial charge in [0, 0.05) is 33.7 Å². The van der Waals surface area contributed by atoms with Gasteiger partial charge in [0.25, 0.3) is 0 Å². The van der Waals surface area contributed by atoms with E-state index in [9.17, 15) is 0 Å². The summed E-state index contributed by atoms with van der Waals surface area (Å²) in [6, 6.07) is 0. The van der Waals surface area contributed by atoms with Gasteiger partial charge in [0.15, 0.2) is 0 Å². The number of nitrogens with two attached hydrogens (primary N) is 1. The Morgan fingerprint density at radius 1 is 1.25 bits per heavy atom. The van der Waals surface area contributed by atoms with E-state index in [1.54, 1.807) is 0 Å². The first-order chi connectivity index (χ1) is 5.75. The van der Waals surface area contributed by atoms with Gasteiger partial charge < -0.3 is 5.73 Å². The molecule has 4 heteroatoms. The Morgan fingerprint density at radius 2 is 2.00 bits per heavy atom. The van der Waals surface area contributed by atoms with Crippen molar-refractivity contribution < 1.29 is 0 Å². The lowest BCUT2D eigenvalue weighted by atomic mass is 10.3.